The van der Waals surface area contributed by atoms with Crippen LogP contribution >= 0.6 is 0 Å². The van der Waals surface area contributed by atoms with E-state index in [0.717, 1.165) is 13.0 Å². The lowest BCUT2D eigenvalue weighted by Crippen LogP contribution is -2.27. The molecule has 0 aliphatic rings. The van der Waals surface area contributed by atoms with Crippen LogP contribution in [0.15, 0.2) is 48.8 Å². The predicted octanol–water partition coefficient (Wildman–Crippen LogP) is 2.75. The summed E-state index contributed by atoms with van der Waals surface area (Å²) in [6.07, 6.45) is 5.31. The fourth-order valence-electron chi connectivity index (χ4n) is 2.00. The van der Waals surface area contributed by atoms with E-state index in [2.05, 4.69) is 72.6 Å². The Morgan fingerprint density at radius 2 is 1.88 bits per heavy atom. The van der Waals surface area contributed by atoms with Gasteiger partial charge in [0.15, 0.2) is 0 Å². The first-order chi connectivity index (χ1) is 8.24. The van der Waals surface area contributed by atoms with Crippen LogP contribution in [-0.4, -0.2) is 10.6 Å². The fraction of sp³-hybridized carbons (Fsp3) is 0.333. The summed E-state index contributed by atoms with van der Waals surface area (Å²) in [5.74, 6) is 0. The minimum atomic E-state index is 0.498. The maximum absolute atomic E-state index is 3.55. The molecule has 0 saturated carbocycles. The third-order valence-corrected chi connectivity index (χ3v) is 2.93. The van der Waals surface area contributed by atoms with Crippen molar-refractivity contribution < 1.29 is 0 Å². The molecule has 17 heavy (non-hydrogen) atoms. The Morgan fingerprint density at radius 1 is 1.12 bits per heavy atom. The zero-order chi connectivity index (χ0) is 12.1. The lowest BCUT2D eigenvalue weighted by molar-refractivity contribution is 0.545. The fourth-order valence-corrected chi connectivity index (χ4v) is 2.00. The molecule has 1 atom stereocenters. The summed E-state index contributed by atoms with van der Waals surface area (Å²) >= 11 is 0. The second-order valence-electron chi connectivity index (χ2n) is 4.66. The van der Waals surface area contributed by atoms with Gasteiger partial charge in [0.05, 0.1) is 0 Å². The van der Waals surface area contributed by atoms with Crippen LogP contribution < -0.4 is 5.32 Å². The lowest BCUT2D eigenvalue weighted by Gasteiger charge is -2.13. The topological polar surface area (TPSA) is 17.0 Å². The van der Waals surface area contributed by atoms with Gasteiger partial charge in [-0.05, 0) is 30.5 Å². The van der Waals surface area contributed by atoms with E-state index in [0.29, 0.717) is 6.04 Å². The monoisotopic (exact) mass is 228 g/mol. The standard InChI is InChI=1S/C15H20N2/c1-13(10-14-6-4-3-5-7-14)16-11-15-8-9-17(2)12-15/h3-9,12-13,16H,10-11H2,1-2H3. The second kappa shape index (κ2) is 5.69. The van der Waals surface area contributed by atoms with Gasteiger partial charge in [0.25, 0.3) is 0 Å². The van der Waals surface area contributed by atoms with E-state index >= 15 is 0 Å². The summed E-state index contributed by atoms with van der Waals surface area (Å²) in [6, 6.07) is 13.3. The molecule has 1 N–H and O–H groups in total. The summed E-state index contributed by atoms with van der Waals surface area (Å²) in [5, 5.41) is 3.55. The summed E-state index contributed by atoms with van der Waals surface area (Å²) in [6.45, 7) is 3.17. The van der Waals surface area contributed by atoms with Crippen LogP contribution in [0.2, 0.25) is 0 Å². The first-order valence-corrected chi connectivity index (χ1v) is 6.12. The summed E-state index contributed by atoms with van der Waals surface area (Å²) in [5.41, 5.74) is 2.73. The average Bonchev–Trinajstić information content (AvgIpc) is 2.74. The van der Waals surface area contributed by atoms with Gasteiger partial charge in [-0.25, -0.2) is 0 Å². The van der Waals surface area contributed by atoms with Crippen molar-refractivity contribution >= 4 is 0 Å². The molecule has 0 aliphatic carbocycles. The van der Waals surface area contributed by atoms with Crippen LogP contribution in [0, 0.1) is 0 Å². The number of aryl methyl sites for hydroxylation is 1. The highest BCUT2D eigenvalue weighted by Gasteiger charge is 2.03. The van der Waals surface area contributed by atoms with Crippen LogP contribution in [-0.2, 0) is 20.0 Å². The Bertz CT molecular complexity index is 445. The second-order valence-corrected chi connectivity index (χ2v) is 4.66. The Kier molecular flexibility index (Phi) is 3.99. The quantitative estimate of drug-likeness (QED) is 0.832. The molecule has 0 bridgehead atoms. The maximum atomic E-state index is 3.55. The lowest BCUT2D eigenvalue weighted by atomic mass is 10.1. The minimum absolute atomic E-state index is 0.498. The highest BCUT2D eigenvalue weighted by molar-refractivity contribution is 5.16. The van der Waals surface area contributed by atoms with Crippen LogP contribution in [0.5, 0.6) is 0 Å². The van der Waals surface area contributed by atoms with Crippen molar-refractivity contribution in [1.82, 2.24) is 9.88 Å². The number of nitrogens with zero attached hydrogens (tertiary/aromatic N) is 1. The van der Waals surface area contributed by atoms with E-state index in [9.17, 15) is 0 Å². The average molecular weight is 228 g/mol. The molecule has 0 saturated heterocycles. The molecule has 1 unspecified atom stereocenters. The minimum Gasteiger partial charge on any atom is -0.357 e. The highest BCUT2D eigenvalue weighted by Crippen LogP contribution is 2.04. The van der Waals surface area contributed by atoms with E-state index in [1.807, 2.05) is 0 Å². The van der Waals surface area contributed by atoms with Crippen molar-refractivity contribution in [3.8, 4) is 0 Å². The molecule has 2 aromatic rings. The largest absolute Gasteiger partial charge is 0.357 e. The smallest absolute Gasteiger partial charge is 0.0223 e. The molecule has 2 rings (SSSR count). The zero-order valence-electron chi connectivity index (χ0n) is 10.6. The van der Waals surface area contributed by atoms with Gasteiger partial charge in [-0.15, -0.1) is 0 Å². The van der Waals surface area contributed by atoms with Crippen LogP contribution in [0.1, 0.15) is 18.1 Å². The van der Waals surface area contributed by atoms with Gasteiger partial charge < -0.3 is 9.88 Å². The van der Waals surface area contributed by atoms with Crippen molar-refractivity contribution in [1.29, 1.82) is 0 Å². The molecule has 0 spiro atoms. The third kappa shape index (κ3) is 3.75. The molecule has 1 heterocycles. The number of hydrogen-bond acceptors (Lipinski definition) is 1. The van der Waals surface area contributed by atoms with Crippen molar-refractivity contribution in [3.05, 3.63) is 59.9 Å². The first-order valence-electron chi connectivity index (χ1n) is 6.12. The molecule has 90 valence electrons. The molecule has 2 nitrogen and oxygen atoms in total. The van der Waals surface area contributed by atoms with Crippen molar-refractivity contribution in [2.75, 3.05) is 0 Å². The normalized spacial score (nSPS) is 12.6. The summed E-state index contributed by atoms with van der Waals surface area (Å²) in [7, 11) is 2.05. The molecular formula is C15H20N2. The molecule has 2 heteroatoms. The molecular weight excluding hydrogens is 208 g/mol. The Balaban J connectivity index is 1.80. The van der Waals surface area contributed by atoms with Gasteiger partial charge in [-0.3, -0.25) is 0 Å². The maximum Gasteiger partial charge on any atom is 0.0223 e. The molecule has 1 aromatic heterocycles. The Hall–Kier alpha value is -1.54. The first kappa shape index (κ1) is 11.9. The van der Waals surface area contributed by atoms with E-state index < -0.39 is 0 Å². The van der Waals surface area contributed by atoms with E-state index in [-0.39, 0.29) is 0 Å². The predicted molar refractivity (Wildman–Crippen MR) is 71.9 cm³/mol. The SMILES string of the molecule is CC(Cc1ccccc1)NCc1ccn(C)c1. The van der Waals surface area contributed by atoms with Gasteiger partial charge >= 0.3 is 0 Å². The van der Waals surface area contributed by atoms with Crippen LogP contribution in [0.4, 0.5) is 0 Å². The molecule has 0 radical (unpaired) electrons. The van der Waals surface area contributed by atoms with Gasteiger partial charge in [-0.2, -0.15) is 0 Å². The van der Waals surface area contributed by atoms with Gasteiger partial charge in [0, 0.05) is 32.0 Å². The van der Waals surface area contributed by atoms with Crippen LogP contribution in [0.25, 0.3) is 0 Å². The van der Waals surface area contributed by atoms with Gasteiger partial charge in [0.2, 0.25) is 0 Å². The number of benzene rings is 1. The van der Waals surface area contributed by atoms with E-state index in [1.165, 1.54) is 11.1 Å². The van der Waals surface area contributed by atoms with E-state index in [1.54, 1.807) is 0 Å². The molecule has 0 amide bonds. The zero-order valence-corrected chi connectivity index (χ0v) is 10.6. The molecule has 1 aromatic carbocycles. The van der Waals surface area contributed by atoms with Crippen molar-refractivity contribution in [2.24, 2.45) is 7.05 Å². The number of nitrogens with one attached hydrogen (secondary N) is 1. The van der Waals surface area contributed by atoms with Gasteiger partial charge in [0.1, 0.15) is 0 Å². The Labute approximate surface area is 103 Å². The van der Waals surface area contributed by atoms with E-state index in [4.69, 9.17) is 0 Å². The number of aromatic nitrogens is 1. The number of hydrogen-bond donors (Lipinski definition) is 1. The summed E-state index contributed by atoms with van der Waals surface area (Å²) in [4.78, 5) is 0. The molecule has 0 aliphatic heterocycles. The van der Waals surface area contributed by atoms with Crippen LogP contribution in [0.3, 0.4) is 0 Å². The number of rotatable bonds is 5. The van der Waals surface area contributed by atoms with Crippen molar-refractivity contribution in [2.45, 2.75) is 25.9 Å². The van der Waals surface area contributed by atoms with Crippen molar-refractivity contribution in [3.63, 3.8) is 0 Å². The summed E-state index contributed by atoms with van der Waals surface area (Å²) < 4.78 is 2.08. The Morgan fingerprint density at radius 3 is 2.53 bits per heavy atom. The highest BCUT2D eigenvalue weighted by atomic mass is 14.9. The third-order valence-electron chi connectivity index (χ3n) is 2.93. The van der Waals surface area contributed by atoms with Gasteiger partial charge in [-0.1, -0.05) is 30.3 Å². The molecule has 0 fully saturated rings.